The standard InChI is InChI=1S/C17H24N6O4/c1-17(2,3)27-8-6-9-23-13-10(19-14(23)11(24)12(8)26-9)15(25)21-16(20-13)18-7-22(4)5/h7-9,11-12,24H,6H2,1-5H3,(H,20,21,25)/b18-7+/t8-,9+,11-,12-/m0/s1. The van der Waals surface area contributed by atoms with Crippen LogP contribution in [0.5, 0.6) is 0 Å². The average molecular weight is 376 g/mol. The second-order valence-corrected chi connectivity index (χ2v) is 8.11. The van der Waals surface area contributed by atoms with Crippen LogP contribution in [0.3, 0.4) is 0 Å². The first-order valence-electron chi connectivity index (χ1n) is 8.88. The Hall–Kier alpha value is -2.30. The second-order valence-electron chi connectivity index (χ2n) is 8.11. The number of aliphatic imine (C=N–C) groups is 1. The molecule has 2 aromatic heterocycles. The molecule has 0 amide bonds. The van der Waals surface area contributed by atoms with Crippen molar-refractivity contribution in [2.45, 2.75) is 57.3 Å². The number of fused-ring (bicyclic) bond motifs is 6. The highest BCUT2D eigenvalue weighted by Crippen LogP contribution is 2.45. The van der Waals surface area contributed by atoms with Crippen molar-refractivity contribution in [1.29, 1.82) is 0 Å². The zero-order valence-corrected chi connectivity index (χ0v) is 16.0. The molecule has 27 heavy (non-hydrogen) atoms. The van der Waals surface area contributed by atoms with Crippen molar-refractivity contribution >= 4 is 23.5 Å². The summed E-state index contributed by atoms with van der Waals surface area (Å²) in [6, 6.07) is 0. The third kappa shape index (κ3) is 3.13. The smallest absolute Gasteiger partial charge is 0.280 e. The first-order valence-corrected chi connectivity index (χ1v) is 8.88. The van der Waals surface area contributed by atoms with Gasteiger partial charge in [-0.25, -0.2) is 9.98 Å². The van der Waals surface area contributed by atoms with E-state index in [9.17, 15) is 9.90 Å². The summed E-state index contributed by atoms with van der Waals surface area (Å²) >= 11 is 0. The highest BCUT2D eigenvalue weighted by Gasteiger charge is 2.50. The first-order chi connectivity index (χ1) is 12.6. The molecule has 10 heteroatoms. The predicted molar refractivity (Wildman–Crippen MR) is 98.1 cm³/mol. The van der Waals surface area contributed by atoms with Crippen LogP contribution in [0.15, 0.2) is 9.79 Å². The van der Waals surface area contributed by atoms with Crippen LogP contribution in [0.25, 0.3) is 11.2 Å². The lowest BCUT2D eigenvalue weighted by Gasteiger charge is -2.31. The van der Waals surface area contributed by atoms with Crippen LogP contribution in [0.4, 0.5) is 5.95 Å². The van der Waals surface area contributed by atoms with Gasteiger partial charge in [-0.3, -0.25) is 14.3 Å². The fraction of sp³-hybridized carbons (Fsp3) is 0.647. The topological polar surface area (TPSA) is 118 Å². The molecule has 4 atom stereocenters. The van der Waals surface area contributed by atoms with Gasteiger partial charge in [-0.1, -0.05) is 0 Å². The van der Waals surface area contributed by atoms with E-state index in [0.29, 0.717) is 17.9 Å². The minimum atomic E-state index is -1.00. The number of aromatic amines is 1. The van der Waals surface area contributed by atoms with Gasteiger partial charge in [-0.15, -0.1) is 0 Å². The Kier molecular flexibility index (Phi) is 4.09. The van der Waals surface area contributed by atoms with Gasteiger partial charge >= 0.3 is 0 Å². The van der Waals surface area contributed by atoms with E-state index in [2.05, 4.69) is 19.9 Å². The van der Waals surface area contributed by atoms with Gasteiger partial charge in [0.25, 0.3) is 5.56 Å². The van der Waals surface area contributed by atoms with Crippen LogP contribution >= 0.6 is 0 Å². The Balaban J connectivity index is 1.78. The summed E-state index contributed by atoms with van der Waals surface area (Å²) in [5, 5.41) is 10.8. The van der Waals surface area contributed by atoms with Crippen molar-refractivity contribution < 1.29 is 14.6 Å². The largest absolute Gasteiger partial charge is 0.382 e. The van der Waals surface area contributed by atoms with Crippen molar-refractivity contribution in [1.82, 2.24) is 24.4 Å². The second kappa shape index (κ2) is 6.11. The number of H-pyrrole nitrogens is 1. The lowest BCUT2D eigenvalue weighted by molar-refractivity contribution is -0.143. The first kappa shape index (κ1) is 18.1. The molecule has 0 aromatic carbocycles. The van der Waals surface area contributed by atoms with E-state index in [1.54, 1.807) is 15.8 Å². The van der Waals surface area contributed by atoms with Gasteiger partial charge < -0.3 is 19.5 Å². The van der Waals surface area contributed by atoms with E-state index in [0.717, 1.165) is 0 Å². The minimum Gasteiger partial charge on any atom is -0.382 e. The number of aromatic nitrogens is 4. The summed E-state index contributed by atoms with van der Waals surface area (Å²) in [6.45, 7) is 5.89. The number of rotatable bonds is 3. The number of ether oxygens (including phenoxy) is 2. The molecular formula is C17H24N6O4. The molecule has 0 aliphatic carbocycles. The Morgan fingerprint density at radius 3 is 2.81 bits per heavy atom. The number of hydrogen-bond acceptors (Lipinski definition) is 7. The van der Waals surface area contributed by atoms with Gasteiger partial charge in [0.2, 0.25) is 5.95 Å². The number of imidazole rings is 1. The molecule has 2 aliphatic rings. The summed E-state index contributed by atoms with van der Waals surface area (Å²) in [5.41, 5.74) is -0.256. The van der Waals surface area contributed by atoms with Crippen LogP contribution in [0, 0.1) is 0 Å². The zero-order chi connectivity index (χ0) is 19.5. The summed E-state index contributed by atoms with van der Waals surface area (Å²) in [5.74, 6) is 0.541. The molecule has 0 unspecified atom stereocenters. The molecule has 2 bridgehead atoms. The third-order valence-electron chi connectivity index (χ3n) is 4.46. The van der Waals surface area contributed by atoms with Gasteiger partial charge in [-0.05, 0) is 20.8 Å². The van der Waals surface area contributed by atoms with E-state index in [4.69, 9.17) is 9.47 Å². The molecule has 0 saturated carbocycles. The monoisotopic (exact) mass is 376 g/mol. The van der Waals surface area contributed by atoms with Gasteiger partial charge in [0.1, 0.15) is 24.3 Å². The van der Waals surface area contributed by atoms with E-state index in [1.165, 1.54) is 0 Å². The summed E-state index contributed by atoms with van der Waals surface area (Å²) in [7, 11) is 3.64. The van der Waals surface area contributed by atoms with Crippen molar-refractivity contribution in [2.24, 2.45) is 4.99 Å². The van der Waals surface area contributed by atoms with Crippen LogP contribution in [-0.2, 0) is 9.47 Å². The fourth-order valence-electron chi connectivity index (χ4n) is 3.53. The molecule has 4 heterocycles. The number of nitrogens with zero attached hydrogens (tertiary/aromatic N) is 5. The number of aliphatic hydroxyl groups is 1. The molecule has 2 N–H and O–H groups in total. The molecule has 2 aromatic rings. The maximum Gasteiger partial charge on any atom is 0.280 e. The average Bonchev–Trinajstić information content (AvgIpc) is 3.10. The van der Waals surface area contributed by atoms with Crippen molar-refractivity contribution in [3.05, 3.63) is 16.2 Å². The molecule has 1 fully saturated rings. The SMILES string of the molecule is CN(C)/C=N/c1nc2c(nc3n2[C@H]2C[C@H](OC(C)(C)C)[C@H](O2)[C@@H]3O)c(=O)[nH]1. The Morgan fingerprint density at radius 2 is 2.15 bits per heavy atom. The van der Waals surface area contributed by atoms with E-state index in [-0.39, 0.29) is 23.2 Å². The molecular weight excluding hydrogens is 352 g/mol. The van der Waals surface area contributed by atoms with E-state index < -0.39 is 24.0 Å². The highest BCUT2D eigenvalue weighted by molar-refractivity contribution is 5.72. The Labute approximate surface area is 155 Å². The van der Waals surface area contributed by atoms with Crippen LogP contribution in [-0.4, -0.2) is 67.8 Å². The van der Waals surface area contributed by atoms with E-state index >= 15 is 0 Å². The minimum absolute atomic E-state index is 0.164. The molecule has 146 valence electrons. The molecule has 2 aliphatic heterocycles. The third-order valence-corrected chi connectivity index (χ3v) is 4.46. The normalized spacial score (nSPS) is 27.5. The molecule has 4 rings (SSSR count). The van der Waals surface area contributed by atoms with Gasteiger partial charge in [0, 0.05) is 20.5 Å². The summed E-state index contributed by atoms with van der Waals surface area (Å²) in [6.07, 6.45) is -0.104. The van der Waals surface area contributed by atoms with Crippen molar-refractivity contribution in [3.63, 3.8) is 0 Å². The van der Waals surface area contributed by atoms with Crippen LogP contribution in [0.1, 0.15) is 45.3 Å². The molecule has 0 radical (unpaired) electrons. The van der Waals surface area contributed by atoms with Crippen LogP contribution in [0.2, 0.25) is 0 Å². The fourth-order valence-corrected chi connectivity index (χ4v) is 3.53. The Morgan fingerprint density at radius 1 is 1.41 bits per heavy atom. The van der Waals surface area contributed by atoms with Gasteiger partial charge in [0.05, 0.1) is 18.0 Å². The number of aliphatic hydroxyl groups excluding tert-OH is 1. The Bertz CT molecular complexity index is 957. The lowest BCUT2D eigenvalue weighted by atomic mass is 10.1. The summed E-state index contributed by atoms with van der Waals surface area (Å²) < 4.78 is 13.7. The van der Waals surface area contributed by atoms with Gasteiger partial charge in [0.15, 0.2) is 11.2 Å². The quantitative estimate of drug-likeness (QED) is 0.602. The predicted octanol–water partition coefficient (Wildman–Crippen LogP) is 0.859. The highest BCUT2D eigenvalue weighted by atomic mass is 16.6. The zero-order valence-electron chi connectivity index (χ0n) is 16.0. The van der Waals surface area contributed by atoms with Gasteiger partial charge in [-0.2, -0.15) is 4.98 Å². The van der Waals surface area contributed by atoms with Crippen molar-refractivity contribution in [2.75, 3.05) is 14.1 Å². The molecule has 1 saturated heterocycles. The molecule has 10 nitrogen and oxygen atoms in total. The van der Waals surface area contributed by atoms with Crippen molar-refractivity contribution in [3.8, 4) is 0 Å². The maximum atomic E-state index is 12.4. The van der Waals surface area contributed by atoms with E-state index in [1.807, 2.05) is 34.9 Å². The lowest BCUT2D eigenvalue weighted by Crippen LogP contribution is -2.38. The maximum absolute atomic E-state index is 12.4. The number of nitrogens with one attached hydrogen (secondary N) is 1. The van der Waals surface area contributed by atoms with Crippen LogP contribution < -0.4 is 5.56 Å². The number of hydrogen-bond donors (Lipinski definition) is 2. The summed E-state index contributed by atoms with van der Waals surface area (Å²) in [4.78, 5) is 29.7. The molecule has 0 spiro atoms.